The van der Waals surface area contributed by atoms with E-state index in [-0.39, 0.29) is 35.5 Å². The Morgan fingerprint density at radius 1 is 1.36 bits per heavy atom. The van der Waals surface area contributed by atoms with Crippen LogP contribution in [0.4, 0.5) is 0 Å². The Balaban J connectivity index is 0.00000280. The zero-order chi connectivity index (χ0) is 19.2. The minimum atomic E-state index is -0.332. The largest absolute Gasteiger partial charge is 1.00 e. The maximum absolute atomic E-state index is 12.4. The van der Waals surface area contributed by atoms with Gasteiger partial charge in [0.25, 0.3) is 5.91 Å². The number of hydrogen-bond donors (Lipinski definition) is 1. The number of nitrogens with one attached hydrogen (secondary N) is 1. The van der Waals surface area contributed by atoms with Crippen LogP contribution in [0.5, 0.6) is 0 Å². The Kier molecular flexibility index (Phi) is 9.81. The topological polar surface area (TPSA) is 90.5 Å². The smallest absolute Gasteiger partial charge is 0.691 e. The summed E-state index contributed by atoms with van der Waals surface area (Å²) in [6.07, 6.45) is 2.43. The molecule has 1 aliphatic rings. The molecule has 1 aromatic carbocycles. The molecule has 0 atom stereocenters. The van der Waals surface area contributed by atoms with Gasteiger partial charge in [0.1, 0.15) is 17.1 Å². The molecule has 1 N–H and O–H groups in total. The first-order valence-corrected chi connectivity index (χ1v) is 10.3. The average Bonchev–Trinajstić information content (AvgIpc) is 3.17. The first-order valence-electron chi connectivity index (χ1n) is 7.11. The molecule has 1 saturated heterocycles. The van der Waals surface area contributed by atoms with Gasteiger partial charge in [-0.3, -0.25) is 14.9 Å². The first-order chi connectivity index (χ1) is 13.1. The monoisotopic (exact) mass is 477 g/mol. The molecule has 0 bridgehead atoms. The van der Waals surface area contributed by atoms with Gasteiger partial charge in [0, 0.05) is 17.7 Å². The summed E-state index contributed by atoms with van der Waals surface area (Å²) in [4.78, 5) is 14.0. The van der Waals surface area contributed by atoms with Gasteiger partial charge in [-0.05, 0) is 29.4 Å². The second-order valence-corrected chi connectivity index (χ2v) is 8.81. The molecule has 13 heteroatoms. The molecule has 1 aromatic heterocycles. The molecule has 1 aliphatic heterocycles. The van der Waals surface area contributed by atoms with E-state index in [1.807, 2.05) is 24.3 Å². The summed E-state index contributed by atoms with van der Waals surface area (Å²) in [6.45, 7) is 0. The van der Waals surface area contributed by atoms with Crippen molar-refractivity contribution in [3.8, 4) is 11.3 Å². The van der Waals surface area contributed by atoms with Gasteiger partial charge in [0.2, 0.25) is 0 Å². The van der Waals surface area contributed by atoms with Crippen molar-refractivity contribution < 1.29 is 49.0 Å². The molecule has 28 heavy (non-hydrogen) atoms. The number of carbonyl (C=O) groups is 1. The third-order valence-corrected chi connectivity index (χ3v) is 5.86. The summed E-state index contributed by atoms with van der Waals surface area (Å²) in [5.74, 6) is -0.332. The summed E-state index contributed by atoms with van der Waals surface area (Å²) < 4.78 is 4.97. The summed E-state index contributed by atoms with van der Waals surface area (Å²) in [5, 5.41) is 23.1. The second-order valence-electron chi connectivity index (χ2n) is 4.88. The van der Waals surface area contributed by atoms with Crippen LogP contribution >= 0.6 is 59.6 Å². The van der Waals surface area contributed by atoms with Crippen molar-refractivity contribution in [2.45, 2.75) is 6.42 Å². The maximum Gasteiger partial charge on any atom is 1.00 e. The molecule has 2 heterocycles. The van der Waals surface area contributed by atoms with E-state index in [4.69, 9.17) is 24.4 Å². The van der Waals surface area contributed by atoms with Crippen molar-refractivity contribution >= 4 is 75.9 Å². The predicted octanol–water partition coefficient (Wildman–Crippen LogP) is -0.213. The van der Waals surface area contributed by atoms with Gasteiger partial charge in [0.15, 0.2) is 8.27 Å². The molecule has 2 aromatic rings. The molecule has 1 amide bonds. The van der Waals surface area contributed by atoms with Crippen LogP contribution in [0.1, 0.15) is 16.1 Å². The Morgan fingerprint density at radius 3 is 2.75 bits per heavy atom. The Morgan fingerprint density at radius 2 is 2.11 bits per heavy atom. The van der Waals surface area contributed by atoms with Crippen LogP contribution in [0.3, 0.4) is 0 Å². The van der Waals surface area contributed by atoms with Gasteiger partial charge in [0.05, 0.1) is 4.91 Å². The van der Waals surface area contributed by atoms with Gasteiger partial charge < -0.3 is 5.26 Å². The Hall–Kier alpha value is -0.560. The fraction of sp³-hybridized carbons (Fsp3) is 0.0667. The molecular formula is C15H8N3NaO4S5. The number of rotatable bonds is 5. The zero-order valence-electron chi connectivity index (χ0n) is 14.2. The predicted molar refractivity (Wildman–Crippen MR) is 109 cm³/mol. The maximum atomic E-state index is 12.4. The number of carbonyl (C=O) groups excluding carboxylic acids is 1. The third kappa shape index (κ3) is 6.48. The van der Waals surface area contributed by atoms with Gasteiger partial charge in [-0.15, -0.1) is 0 Å². The number of amides is 1. The minimum Gasteiger partial charge on any atom is -0.691 e. The molecule has 1 fully saturated rings. The van der Waals surface area contributed by atoms with Gasteiger partial charge in [-0.2, -0.15) is 9.43 Å². The Labute approximate surface area is 205 Å². The molecule has 3 rings (SSSR count). The zero-order valence-corrected chi connectivity index (χ0v) is 20.2. The van der Waals surface area contributed by atoms with E-state index < -0.39 is 0 Å². The van der Waals surface area contributed by atoms with Gasteiger partial charge >= 0.3 is 29.6 Å². The number of aromatic amines is 1. The van der Waals surface area contributed by atoms with Crippen molar-refractivity contribution in [2.75, 3.05) is 0 Å². The number of H-pyrrole nitrogens is 1. The van der Waals surface area contributed by atoms with Crippen LogP contribution in [0.15, 0.2) is 29.2 Å². The number of nitrogens with zero attached hydrogens (tertiary/aromatic N) is 2. The molecule has 0 spiro atoms. The van der Waals surface area contributed by atoms with Crippen LogP contribution < -0.4 is 34.8 Å². The van der Waals surface area contributed by atoms with Gasteiger partial charge in [-0.25, -0.2) is 4.90 Å². The average molecular weight is 478 g/mol. The summed E-state index contributed by atoms with van der Waals surface area (Å²) in [5.41, 5.74) is 1.94. The normalized spacial score (nSPS) is 14.8. The van der Waals surface area contributed by atoms with E-state index in [2.05, 4.69) is 30.9 Å². The van der Waals surface area contributed by atoms with Crippen LogP contribution in [0.25, 0.3) is 6.08 Å². The van der Waals surface area contributed by atoms with Crippen LogP contribution in [0.2, 0.25) is 0 Å². The molecule has 7 nitrogen and oxygen atoms in total. The number of aromatic nitrogens is 2. The summed E-state index contributed by atoms with van der Waals surface area (Å²) >= 11 is 13.2. The van der Waals surface area contributed by atoms with Gasteiger partial charge in [-0.1, -0.05) is 59.6 Å². The quantitative estimate of drug-likeness (QED) is 0.0918. The SMILES string of the molecule is O=C1/C(=C\c2ccc(Cc3n[nH]c(=S)s3)cc2)SC(=S)N1C#CSOO[O-].[Na+]. The van der Waals surface area contributed by atoms with E-state index in [1.165, 1.54) is 11.3 Å². The number of thiocarbonyl (C=S) groups is 1. The first kappa shape index (κ1) is 23.7. The van der Waals surface area contributed by atoms with Crippen LogP contribution in [-0.4, -0.2) is 25.3 Å². The van der Waals surface area contributed by atoms with Crippen molar-refractivity contribution in [3.63, 3.8) is 0 Å². The van der Waals surface area contributed by atoms with E-state index >= 15 is 0 Å². The van der Waals surface area contributed by atoms with Crippen LogP contribution in [-0.2, 0) is 20.6 Å². The minimum absolute atomic E-state index is 0. The summed E-state index contributed by atoms with van der Waals surface area (Å²) in [6, 6.07) is 10.3. The number of thioether (sulfide) groups is 1. The van der Waals surface area contributed by atoms with Crippen molar-refractivity contribution in [1.82, 2.24) is 15.1 Å². The van der Waals surface area contributed by atoms with E-state index in [1.54, 1.807) is 6.08 Å². The molecule has 0 radical (unpaired) electrons. The number of benzene rings is 1. The standard InChI is InChI=1S/C15H9N3O4S5.Na/c19-13-11(26-15(24)18(13)5-6-25-22-21-20)7-9-1-3-10(4-2-9)8-12-16-17-14(23)27-12;/h1-4,7,20H,8H2,(H,17,23);/q;+1/p-1/b11-7+;. The van der Waals surface area contributed by atoms with Crippen molar-refractivity contribution in [1.29, 1.82) is 0 Å². The fourth-order valence-electron chi connectivity index (χ4n) is 2.05. The molecule has 0 unspecified atom stereocenters. The third-order valence-electron chi connectivity index (χ3n) is 3.17. The van der Waals surface area contributed by atoms with E-state index in [0.717, 1.165) is 32.8 Å². The summed E-state index contributed by atoms with van der Waals surface area (Å²) in [7, 11) is 0. The van der Waals surface area contributed by atoms with Crippen LogP contribution in [0, 0.1) is 15.3 Å². The molecule has 0 aliphatic carbocycles. The molecular weight excluding hydrogens is 470 g/mol. The van der Waals surface area contributed by atoms with E-state index in [9.17, 15) is 10.1 Å². The fourth-order valence-corrected chi connectivity index (χ4v) is 4.39. The molecule has 0 saturated carbocycles. The van der Waals surface area contributed by atoms with E-state index in [0.29, 0.717) is 31.6 Å². The van der Waals surface area contributed by atoms with Crippen molar-refractivity contribution in [3.05, 3.63) is 49.3 Å². The Bertz CT molecular complexity index is 1010. The molecule has 138 valence electrons. The second kappa shape index (κ2) is 11.6. The number of hydrogen-bond acceptors (Lipinski definition) is 10. The van der Waals surface area contributed by atoms with Crippen molar-refractivity contribution in [2.24, 2.45) is 0 Å².